The lowest BCUT2D eigenvalue weighted by atomic mass is 9.86. The van der Waals surface area contributed by atoms with E-state index in [1.807, 2.05) is 24.3 Å². The summed E-state index contributed by atoms with van der Waals surface area (Å²) in [5, 5.41) is 0. The van der Waals surface area contributed by atoms with Crippen molar-refractivity contribution in [2.75, 3.05) is 13.2 Å². The second-order valence-electron chi connectivity index (χ2n) is 9.26. The average molecular weight is 425 g/mol. The lowest BCUT2D eigenvalue weighted by molar-refractivity contribution is 0.0519. The standard InChI is InChI=1S/C25H32N2O4/c1-7-31-24(30)22-15(2)21(16(3)26-22)20(28)14-27(19-12-13-19)23(29)17-8-10-18(11-9-17)25(4,5)6/h8-11,19,26H,7,12-14H2,1-6H3. The zero-order chi connectivity index (χ0) is 22.9. The Balaban J connectivity index is 1.82. The number of rotatable bonds is 7. The molecule has 3 rings (SSSR count). The van der Waals surface area contributed by atoms with E-state index in [4.69, 9.17) is 4.74 Å². The molecule has 0 saturated heterocycles. The molecule has 1 aliphatic rings. The summed E-state index contributed by atoms with van der Waals surface area (Å²) in [6.45, 7) is 11.9. The third kappa shape index (κ3) is 4.89. The minimum absolute atomic E-state index is 0.00762. The van der Waals surface area contributed by atoms with Gasteiger partial charge in [0.15, 0.2) is 5.78 Å². The number of hydrogen-bond donors (Lipinski definition) is 1. The number of Topliss-reactive ketones (excluding diaryl/α,β-unsaturated/α-hetero) is 1. The third-order valence-corrected chi connectivity index (χ3v) is 5.76. The molecule has 1 aromatic heterocycles. The van der Waals surface area contributed by atoms with Crippen molar-refractivity contribution in [2.24, 2.45) is 0 Å². The highest BCUT2D eigenvalue weighted by atomic mass is 16.5. The zero-order valence-electron chi connectivity index (χ0n) is 19.3. The fourth-order valence-electron chi connectivity index (χ4n) is 3.84. The monoisotopic (exact) mass is 424 g/mol. The quantitative estimate of drug-likeness (QED) is 0.521. The van der Waals surface area contributed by atoms with Crippen LogP contribution in [0.4, 0.5) is 0 Å². The van der Waals surface area contributed by atoms with Crippen LogP contribution in [-0.4, -0.2) is 46.7 Å². The summed E-state index contributed by atoms with van der Waals surface area (Å²) in [7, 11) is 0. The largest absolute Gasteiger partial charge is 0.461 e. The second-order valence-corrected chi connectivity index (χ2v) is 9.26. The molecule has 0 radical (unpaired) electrons. The third-order valence-electron chi connectivity index (χ3n) is 5.76. The first-order chi connectivity index (χ1) is 14.5. The molecule has 0 unspecified atom stereocenters. The van der Waals surface area contributed by atoms with Crippen molar-refractivity contribution < 1.29 is 19.1 Å². The highest BCUT2D eigenvalue weighted by Gasteiger charge is 2.35. The smallest absolute Gasteiger partial charge is 0.355 e. The average Bonchev–Trinajstić information content (AvgIpc) is 3.49. The Morgan fingerprint density at radius 1 is 1.10 bits per heavy atom. The number of ether oxygens (including phenoxy) is 1. The number of amides is 1. The molecule has 1 N–H and O–H groups in total. The van der Waals surface area contributed by atoms with Crippen LogP contribution in [0.2, 0.25) is 0 Å². The fraction of sp³-hybridized carbons (Fsp3) is 0.480. The van der Waals surface area contributed by atoms with Gasteiger partial charge in [0.2, 0.25) is 0 Å². The number of aryl methyl sites for hydroxylation is 1. The number of ketones is 1. The summed E-state index contributed by atoms with van der Waals surface area (Å²) >= 11 is 0. The molecule has 6 heteroatoms. The summed E-state index contributed by atoms with van der Waals surface area (Å²) in [5.41, 5.74) is 3.69. The highest BCUT2D eigenvalue weighted by Crippen LogP contribution is 2.30. The molecular formula is C25H32N2O4. The Morgan fingerprint density at radius 2 is 1.71 bits per heavy atom. The first kappa shape index (κ1) is 22.8. The number of nitrogens with zero attached hydrogens (tertiary/aromatic N) is 1. The van der Waals surface area contributed by atoms with Gasteiger partial charge < -0.3 is 14.6 Å². The molecule has 1 heterocycles. The summed E-state index contributed by atoms with van der Waals surface area (Å²) in [5.74, 6) is -0.780. The van der Waals surface area contributed by atoms with Gasteiger partial charge in [-0.1, -0.05) is 32.9 Å². The number of carbonyl (C=O) groups is 3. The minimum atomic E-state index is -0.476. The molecule has 2 aromatic rings. The number of esters is 1. The molecule has 166 valence electrons. The maximum absolute atomic E-state index is 13.2. The molecule has 0 bridgehead atoms. The molecule has 6 nitrogen and oxygen atoms in total. The van der Waals surface area contributed by atoms with Crippen LogP contribution in [0, 0.1) is 13.8 Å². The first-order valence-electron chi connectivity index (χ1n) is 10.9. The number of H-pyrrole nitrogens is 1. The van der Waals surface area contributed by atoms with Gasteiger partial charge in [-0.25, -0.2) is 4.79 Å². The van der Waals surface area contributed by atoms with Crippen molar-refractivity contribution in [3.8, 4) is 0 Å². The zero-order valence-corrected chi connectivity index (χ0v) is 19.3. The molecule has 1 aromatic carbocycles. The molecule has 1 aliphatic carbocycles. The van der Waals surface area contributed by atoms with Gasteiger partial charge in [0, 0.05) is 22.9 Å². The molecule has 1 saturated carbocycles. The molecule has 1 fully saturated rings. The topological polar surface area (TPSA) is 79.5 Å². The number of aromatic amines is 1. The summed E-state index contributed by atoms with van der Waals surface area (Å²) in [6, 6.07) is 7.73. The van der Waals surface area contributed by atoms with Crippen LogP contribution >= 0.6 is 0 Å². The second kappa shape index (κ2) is 8.69. The van der Waals surface area contributed by atoms with Crippen molar-refractivity contribution in [3.05, 3.63) is 57.9 Å². The Bertz CT molecular complexity index is 992. The van der Waals surface area contributed by atoms with Gasteiger partial charge in [-0.05, 0) is 62.3 Å². The molecule has 31 heavy (non-hydrogen) atoms. The Morgan fingerprint density at radius 3 is 2.23 bits per heavy atom. The van der Waals surface area contributed by atoms with Crippen molar-refractivity contribution in [3.63, 3.8) is 0 Å². The van der Waals surface area contributed by atoms with Crippen LogP contribution < -0.4 is 0 Å². The highest BCUT2D eigenvalue weighted by molar-refractivity contribution is 6.06. The lowest BCUT2D eigenvalue weighted by Crippen LogP contribution is -2.37. The van der Waals surface area contributed by atoms with Gasteiger partial charge in [0.25, 0.3) is 5.91 Å². The normalized spacial score (nSPS) is 13.7. The Hall–Kier alpha value is -2.89. The van der Waals surface area contributed by atoms with Crippen LogP contribution in [-0.2, 0) is 10.2 Å². The summed E-state index contributed by atoms with van der Waals surface area (Å²) < 4.78 is 5.07. The number of aromatic nitrogens is 1. The van der Waals surface area contributed by atoms with E-state index in [1.54, 1.807) is 25.7 Å². The molecular weight excluding hydrogens is 392 g/mol. The maximum Gasteiger partial charge on any atom is 0.355 e. The number of hydrogen-bond acceptors (Lipinski definition) is 4. The van der Waals surface area contributed by atoms with E-state index in [2.05, 4.69) is 25.8 Å². The Labute approximate surface area is 184 Å². The predicted octanol–water partition coefficient (Wildman–Crippen LogP) is 4.59. The van der Waals surface area contributed by atoms with Crippen molar-refractivity contribution in [2.45, 2.75) is 65.8 Å². The van der Waals surface area contributed by atoms with E-state index in [-0.39, 0.29) is 36.3 Å². The van der Waals surface area contributed by atoms with Gasteiger partial charge in [0.05, 0.1) is 13.2 Å². The number of nitrogens with one attached hydrogen (secondary N) is 1. The summed E-state index contributed by atoms with van der Waals surface area (Å²) in [6.07, 6.45) is 1.80. The SMILES string of the molecule is CCOC(=O)c1[nH]c(C)c(C(=O)CN(C(=O)c2ccc(C(C)(C)C)cc2)C2CC2)c1C. The maximum atomic E-state index is 13.2. The van der Waals surface area contributed by atoms with E-state index in [9.17, 15) is 14.4 Å². The van der Waals surface area contributed by atoms with Crippen LogP contribution in [0.15, 0.2) is 24.3 Å². The molecule has 1 amide bonds. The number of benzene rings is 1. The molecule has 0 atom stereocenters. The fourth-order valence-corrected chi connectivity index (χ4v) is 3.84. The van der Waals surface area contributed by atoms with Gasteiger partial charge in [-0.15, -0.1) is 0 Å². The van der Waals surface area contributed by atoms with Crippen LogP contribution in [0.3, 0.4) is 0 Å². The van der Waals surface area contributed by atoms with Crippen molar-refractivity contribution >= 4 is 17.7 Å². The first-order valence-corrected chi connectivity index (χ1v) is 10.9. The van der Waals surface area contributed by atoms with Gasteiger partial charge >= 0.3 is 5.97 Å². The van der Waals surface area contributed by atoms with E-state index in [0.29, 0.717) is 28.1 Å². The van der Waals surface area contributed by atoms with E-state index in [1.165, 1.54) is 0 Å². The lowest BCUT2D eigenvalue weighted by Gasteiger charge is -2.23. The van der Waals surface area contributed by atoms with E-state index in [0.717, 1.165) is 18.4 Å². The Kier molecular flexibility index (Phi) is 6.39. The molecule has 0 aliphatic heterocycles. The van der Waals surface area contributed by atoms with Crippen LogP contribution in [0.25, 0.3) is 0 Å². The van der Waals surface area contributed by atoms with Crippen molar-refractivity contribution in [1.82, 2.24) is 9.88 Å². The van der Waals surface area contributed by atoms with Crippen LogP contribution in [0.1, 0.15) is 88.6 Å². The van der Waals surface area contributed by atoms with Gasteiger partial charge in [0.1, 0.15) is 5.69 Å². The van der Waals surface area contributed by atoms with Gasteiger partial charge in [-0.3, -0.25) is 9.59 Å². The van der Waals surface area contributed by atoms with E-state index >= 15 is 0 Å². The van der Waals surface area contributed by atoms with Gasteiger partial charge in [-0.2, -0.15) is 0 Å². The minimum Gasteiger partial charge on any atom is -0.461 e. The number of carbonyl (C=O) groups excluding carboxylic acids is 3. The van der Waals surface area contributed by atoms with E-state index < -0.39 is 5.97 Å². The predicted molar refractivity (Wildman–Crippen MR) is 120 cm³/mol. The molecule has 0 spiro atoms. The summed E-state index contributed by atoms with van der Waals surface area (Å²) in [4.78, 5) is 43.2. The van der Waals surface area contributed by atoms with Crippen LogP contribution in [0.5, 0.6) is 0 Å². The van der Waals surface area contributed by atoms with Crippen molar-refractivity contribution in [1.29, 1.82) is 0 Å².